The van der Waals surface area contributed by atoms with Gasteiger partial charge in [0, 0.05) is 11.1 Å². The summed E-state index contributed by atoms with van der Waals surface area (Å²) in [6.45, 7) is 0.0665. The smallest absolute Gasteiger partial charge is 0.225 e. The number of rotatable bonds is 3. The highest BCUT2D eigenvalue weighted by molar-refractivity contribution is 6.34. The van der Waals surface area contributed by atoms with E-state index in [0.29, 0.717) is 21.6 Å². The van der Waals surface area contributed by atoms with E-state index >= 15 is 0 Å². The molecule has 0 spiro atoms. The second kappa shape index (κ2) is 5.24. The van der Waals surface area contributed by atoms with Crippen molar-refractivity contribution in [3.05, 3.63) is 34.1 Å². The van der Waals surface area contributed by atoms with Crippen LogP contribution in [0.2, 0.25) is 10.0 Å². The Morgan fingerprint density at radius 3 is 2.39 bits per heavy atom. The number of hydrogen-bond acceptors (Lipinski definition) is 6. The van der Waals surface area contributed by atoms with Crippen LogP contribution in [0.15, 0.2) is 18.2 Å². The van der Waals surface area contributed by atoms with Crippen molar-refractivity contribution in [1.82, 2.24) is 15.0 Å². The lowest BCUT2D eigenvalue weighted by molar-refractivity contribution is 0.296. The lowest BCUT2D eigenvalue weighted by Crippen LogP contribution is -2.09. The van der Waals surface area contributed by atoms with Crippen LogP contribution in [-0.2, 0) is 6.61 Å². The van der Waals surface area contributed by atoms with E-state index in [1.807, 2.05) is 0 Å². The highest BCUT2D eigenvalue weighted by Gasteiger charge is 2.06. The van der Waals surface area contributed by atoms with Gasteiger partial charge in [-0.05, 0) is 12.1 Å². The van der Waals surface area contributed by atoms with E-state index in [1.54, 1.807) is 18.2 Å². The molecule has 0 amide bonds. The fourth-order valence-electron chi connectivity index (χ4n) is 1.25. The summed E-state index contributed by atoms with van der Waals surface area (Å²) in [6.07, 6.45) is 0. The first-order chi connectivity index (χ1) is 8.54. The molecule has 0 unspecified atom stereocenters. The lowest BCUT2D eigenvalue weighted by Gasteiger charge is -2.07. The first-order valence-corrected chi connectivity index (χ1v) is 5.64. The maximum atomic E-state index is 5.94. The Hall–Kier alpha value is -1.79. The minimum Gasteiger partial charge on any atom is -0.484 e. The van der Waals surface area contributed by atoms with Gasteiger partial charge < -0.3 is 16.2 Å². The van der Waals surface area contributed by atoms with Gasteiger partial charge in [-0.1, -0.05) is 23.2 Å². The number of nitrogens with two attached hydrogens (primary N) is 2. The standard InChI is InChI=1S/C10H9Cl2N5O/c11-5-1-2-6(12)7(3-5)18-4-8-15-9(13)17-10(14)16-8/h1-3H,4H2,(H4,13,14,15,16,17). The van der Waals surface area contributed by atoms with Crippen LogP contribution < -0.4 is 16.2 Å². The highest BCUT2D eigenvalue weighted by atomic mass is 35.5. The molecule has 1 aromatic heterocycles. The molecule has 0 saturated heterocycles. The minimum atomic E-state index is 0.0401. The van der Waals surface area contributed by atoms with Crippen LogP contribution in [0.25, 0.3) is 0 Å². The van der Waals surface area contributed by atoms with E-state index in [-0.39, 0.29) is 18.5 Å². The predicted molar refractivity (Wildman–Crippen MR) is 69.4 cm³/mol. The molecule has 8 heteroatoms. The Balaban J connectivity index is 2.13. The third-order valence-electron chi connectivity index (χ3n) is 1.97. The Labute approximate surface area is 113 Å². The molecule has 1 heterocycles. The molecular formula is C10H9Cl2N5O. The Morgan fingerprint density at radius 1 is 1.06 bits per heavy atom. The van der Waals surface area contributed by atoms with Gasteiger partial charge in [-0.25, -0.2) is 0 Å². The Kier molecular flexibility index (Phi) is 3.69. The van der Waals surface area contributed by atoms with Crippen molar-refractivity contribution >= 4 is 35.1 Å². The summed E-state index contributed by atoms with van der Waals surface area (Å²) >= 11 is 11.8. The molecule has 0 bridgehead atoms. The van der Waals surface area contributed by atoms with Gasteiger partial charge in [0.05, 0.1) is 5.02 Å². The average Bonchev–Trinajstić information content (AvgIpc) is 2.29. The molecule has 2 rings (SSSR count). The number of anilines is 2. The maximum Gasteiger partial charge on any atom is 0.225 e. The van der Waals surface area contributed by atoms with Gasteiger partial charge in [-0.15, -0.1) is 0 Å². The van der Waals surface area contributed by atoms with Crippen molar-refractivity contribution in [1.29, 1.82) is 0 Å². The van der Waals surface area contributed by atoms with Crippen LogP contribution in [0, 0.1) is 0 Å². The lowest BCUT2D eigenvalue weighted by atomic mass is 10.3. The van der Waals surface area contributed by atoms with Gasteiger partial charge in [-0.3, -0.25) is 0 Å². The largest absolute Gasteiger partial charge is 0.484 e. The fourth-order valence-corrected chi connectivity index (χ4v) is 1.59. The number of benzene rings is 1. The maximum absolute atomic E-state index is 5.94. The topological polar surface area (TPSA) is 99.9 Å². The predicted octanol–water partition coefficient (Wildman–Crippen LogP) is 1.92. The van der Waals surface area contributed by atoms with Crippen molar-refractivity contribution in [2.24, 2.45) is 0 Å². The average molecular weight is 286 g/mol. The number of ether oxygens (including phenoxy) is 1. The molecule has 0 aliphatic carbocycles. The van der Waals surface area contributed by atoms with Crippen molar-refractivity contribution in [3.63, 3.8) is 0 Å². The summed E-state index contributed by atoms with van der Waals surface area (Å²) in [5.74, 6) is 0.828. The number of hydrogen-bond donors (Lipinski definition) is 2. The van der Waals surface area contributed by atoms with Crippen LogP contribution in [0.4, 0.5) is 11.9 Å². The van der Waals surface area contributed by atoms with Gasteiger partial charge in [0.15, 0.2) is 5.82 Å². The van der Waals surface area contributed by atoms with E-state index < -0.39 is 0 Å². The van der Waals surface area contributed by atoms with Crippen molar-refractivity contribution < 1.29 is 4.74 Å². The summed E-state index contributed by atoms with van der Waals surface area (Å²) in [5.41, 5.74) is 10.9. The van der Waals surface area contributed by atoms with Gasteiger partial charge in [0.2, 0.25) is 11.9 Å². The molecular weight excluding hydrogens is 277 g/mol. The van der Waals surface area contributed by atoms with Crippen LogP contribution in [-0.4, -0.2) is 15.0 Å². The van der Waals surface area contributed by atoms with Gasteiger partial charge in [-0.2, -0.15) is 15.0 Å². The number of nitrogens with zero attached hydrogens (tertiary/aromatic N) is 3. The van der Waals surface area contributed by atoms with Crippen molar-refractivity contribution in [2.45, 2.75) is 6.61 Å². The van der Waals surface area contributed by atoms with Gasteiger partial charge in [0.1, 0.15) is 12.4 Å². The van der Waals surface area contributed by atoms with E-state index in [2.05, 4.69) is 15.0 Å². The molecule has 6 nitrogen and oxygen atoms in total. The zero-order valence-electron chi connectivity index (χ0n) is 9.10. The minimum absolute atomic E-state index is 0.0401. The number of nitrogen functional groups attached to an aromatic ring is 2. The van der Waals surface area contributed by atoms with Gasteiger partial charge in [0.25, 0.3) is 0 Å². The summed E-state index contributed by atoms with van der Waals surface area (Å²) in [4.78, 5) is 11.4. The van der Waals surface area contributed by atoms with E-state index in [9.17, 15) is 0 Å². The highest BCUT2D eigenvalue weighted by Crippen LogP contribution is 2.28. The molecule has 94 valence electrons. The number of aromatic nitrogens is 3. The molecule has 0 atom stereocenters. The van der Waals surface area contributed by atoms with Crippen LogP contribution in [0.3, 0.4) is 0 Å². The first-order valence-electron chi connectivity index (χ1n) is 4.88. The molecule has 1 aromatic carbocycles. The van der Waals surface area contributed by atoms with Crippen molar-refractivity contribution in [2.75, 3.05) is 11.5 Å². The zero-order chi connectivity index (χ0) is 13.1. The SMILES string of the molecule is Nc1nc(N)nc(COc2cc(Cl)ccc2Cl)n1. The van der Waals surface area contributed by atoms with Crippen LogP contribution >= 0.6 is 23.2 Å². The summed E-state index contributed by atoms with van der Waals surface area (Å²) in [6, 6.07) is 4.89. The fraction of sp³-hybridized carbons (Fsp3) is 0.100. The van der Waals surface area contributed by atoms with E-state index in [1.165, 1.54) is 0 Å². The van der Waals surface area contributed by atoms with Crippen LogP contribution in [0.1, 0.15) is 5.82 Å². The normalized spacial score (nSPS) is 10.3. The third kappa shape index (κ3) is 3.12. The third-order valence-corrected chi connectivity index (χ3v) is 2.51. The number of halogens is 2. The Morgan fingerprint density at radius 2 is 1.72 bits per heavy atom. The summed E-state index contributed by atoms with van der Waals surface area (Å²) < 4.78 is 5.43. The monoisotopic (exact) mass is 285 g/mol. The Bertz CT molecular complexity index is 558. The quantitative estimate of drug-likeness (QED) is 0.894. The molecule has 0 saturated carbocycles. The second-order valence-electron chi connectivity index (χ2n) is 3.33. The van der Waals surface area contributed by atoms with Gasteiger partial charge >= 0.3 is 0 Å². The molecule has 0 fully saturated rings. The summed E-state index contributed by atoms with van der Waals surface area (Å²) in [5, 5.41) is 0.957. The first kappa shape index (κ1) is 12.7. The molecule has 0 aliphatic heterocycles. The molecule has 18 heavy (non-hydrogen) atoms. The zero-order valence-corrected chi connectivity index (χ0v) is 10.6. The van der Waals surface area contributed by atoms with E-state index in [4.69, 9.17) is 39.4 Å². The molecule has 0 radical (unpaired) electrons. The summed E-state index contributed by atoms with van der Waals surface area (Å²) in [7, 11) is 0. The second-order valence-corrected chi connectivity index (χ2v) is 4.18. The molecule has 4 N–H and O–H groups in total. The molecule has 0 aliphatic rings. The van der Waals surface area contributed by atoms with E-state index in [0.717, 1.165) is 0 Å². The molecule has 2 aromatic rings. The van der Waals surface area contributed by atoms with Crippen LogP contribution in [0.5, 0.6) is 5.75 Å². The van der Waals surface area contributed by atoms with Crippen molar-refractivity contribution in [3.8, 4) is 5.75 Å².